The number of primary amides is 1. The summed E-state index contributed by atoms with van der Waals surface area (Å²) in [5, 5.41) is 0. The number of benzene rings is 2. The first-order chi connectivity index (χ1) is 14.0. The highest BCUT2D eigenvalue weighted by Crippen LogP contribution is 2.24. The number of imide groups is 1. The van der Waals surface area contributed by atoms with Crippen LogP contribution in [0.4, 0.5) is 0 Å². The van der Waals surface area contributed by atoms with Crippen LogP contribution in [0.1, 0.15) is 43.9 Å². The second-order valence-electron chi connectivity index (χ2n) is 6.40. The Morgan fingerprint density at radius 3 is 2.21 bits per heavy atom. The number of unbranched alkanes of at least 4 members (excludes halogenated alkanes) is 1. The Hall–Kier alpha value is -3.13. The van der Waals surface area contributed by atoms with E-state index in [1.165, 1.54) is 16.7 Å². The van der Waals surface area contributed by atoms with Crippen molar-refractivity contribution in [2.75, 3.05) is 18.9 Å². The standard InChI is InChI=1S/C21H20N2O5S/c22-18(24)13-29-17-10-4-3-9-16(17)21(27)28-12-6-5-11-23-19(25)14-7-1-2-8-15(14)20(23)26/h1-4,7-10H,5-6,11-13H2,(H2,22,24). The van der Waals surface area contributed by atoms with Crippen molar-refractivity contribution < 1.29 is 23.9 Å². The monoisotopic (exact) mass is 412 g/mol. The highest BCUT2D eigenvalue weighted by Gasteiger charge is 2.34. The second-order valence-corrected chi connectivity index (χ2v) is 7.42. The van der Waals surface area contributed by atoms with Gasteiger partial charge >= 0.3 is 5.97 Å². The molecule has 2 aromatic carbocycles. The Kier molecular flexibility index (Phi) is 6.66. The fourth-order valence-electron chi connectivity index (χ4n) is 2.97. The van der Waals surface area contributed by atoms with E-state index in [1.807, 2.05) is 0 Å². The van der Waals surface area contributed by atoms with E-state index >= 15 is 0 Å². The minimum Gasteiger partial charge on any atom is -0.462 e. The maximum absolute atomic E-state index is 12.3. The molecule has 0 saturated heterocycles. The molecule has 3 amide bonds. The normalized spacial score (nSPS) is 12.8. The van der Waals surface area contributed by atoms with Crippen molar-refractivity contribution in [3.8, 4) is 0 Å². The van der Waals surface area contributed by atoms with Crippen molar-refractivity contribution in [3.05, 3.63) is 65.2 Å². The van der Waals surface area contributed by atoms with E-state index in [0.29, 0.717) is 34.4 Å². The van der Waals surface area contributed by atoms with Gasteiger partial charge in [0.25, 0.3) is 11.8 Å². The van der Waals surface area contributed by atoms with Crippen LogP contribution in [0.15, 0.2) is 53.4 Å². The zero-order valence-electron chi connectivity index (χ0n) is 15.6. The van der Waals surface area contributed by atoms with Crippen LogP contribution in [-0.2, 0) is 9.53 Å². The number of amides is 3. The summed E-state index contributed by atoms with van der Waals surface area (Å²) in [5.41, 5.74) is 6.38. The lowest BCUT2D eigenvalue weighted by Gasteiger charge is -2.13. The number of thioether (sulfide) groups is 1. The average Bonchev–Trinajstić information content (AvgIpc) is 2.97. The molecule has 0 radical (unpaired) electrons. The number of ether oxygens (including phenoxy) is 1. The summed E-state index contributed by atoms with van der Waals surface area (Å²) in [4.78, 5) is 49.7. The highest BCUT2D eigenvalue weighted by molar-refractivity contribution is 8.00. The fraction of sp³-hybridized carbons (Fsp3) is 0.238. The molecular formula is C21H20N2O5S. The van der Waals surface area contributed by atoms with Gasteiger partial charge < -0.3 is 10.5 Å². The highest BCUT2D eigenvalue weighted by atomic mass is 32.2. The molecule has 0 spiro atoms. The molecule has 0 saturated carbocycles. The van der Waals surface area contributed by atoms with Crippen molar-refractivity contribution in [1.82, 2.24) is 4.90 Å². The molecule has 0 bridgehead atoms. The quantitative estimate of drug-likeness (QED) is 0.294. The molecule has 1 aliphatic heterocycles. The van der Waals surface area contributed by atoms with Crippen molar-refractivity contribution in [1.29, 1.82) is 0 Å². The number of esters is 1. The molecule has 2 N–H and O–H groups in total. The Bertz CT molecular complexity index is 925. The minimum absolute atomic E-state index is 0.0740. The Labute approximate surface area is 172 Å². The topological polar surface area (TPSA) is 107 Å². The zero-order valence-corrected chi connectivity index (χ0v) is 16.4. The molecule has 0 unspecified atom stereocenters. The average molecular weight is 412 g/mol. The molecule has 7 nitrogen and oxygen atoms in total. The zero-order chi connectivity index (χ0) is 20.8. The summed E-state index contributed by atoms with van der Waals surface area (Å²) >= 11 is 1.18. The lowest BCUT2D eigenvalue weighted by molar-refractivity contribution is -0.115. The van der Waals surface area contributed by atoms with Gasteiger partial charge in [0.2, 0.25) is 5.91 Å². The molecule has 0 atom stereocenters. The van der Waals surface area contributed by atoms with E-state index < -0.39 is 11.9 Å². The van der Waals surface area contributed by atoms with Crippen molar-refractivity contribution in [2.24, 2.45) is 5.73 Å². The van der Waals surface area contributed by atoms with Gasteiger partial charge in [-0.15, -0.1) is 11.8 Å². The number of carbonyl (C=O) groups excluding carboxylic acids is 4. The molecule has 29 heavy (non-hydrogen) atoms. The van der Waals surface area contributed by atoms with E-state index in [9.17, 15) is 19.2 Å². The minimum atomic E-state index is -0.488. The molecule has 8 heteroatoms. The van der Waals surface area contributed by atoms with Gasteiger partial charge in [-0.1, -0.05) is 24.3 Å². The molecule has 1 aliphatic rings. The predicted octanol–water partition coefficient (Wildman–Crippen LogP) is 2.50. The van der Waals surface area contributed by atoms with Gasteiger partial charge in [0.1, 0.15) is 0 Å². The third-order valence-electron chi connectivity index (χ3n) is 4.36. The maximum Gasteiger partial charge on any atom is 0.339 e. The van der Waals surface area contributed by atoms with E-state index in [4.69, 9.17) is 10.5 Å². The summed E-state index contributed by atoms with van der Waals surface area (Å²) in [6, 6.07) is 13.6. The van der Waals surface area contributed by atoms with Crippen molar-refractivity contribution in [2.45, 2.75) is 17.7 Å². The molecular weight excluding hydrogens is 392 g/mol. The van der Waals surface area contributed by atoms with E-state index in [-0.39, 0.29) is 30.7 Å². The first-order valence-corrected chi connectivity index (χ1v) is 10.1. The molecule has 2 aromatic rings. The molecule has 1 heterocycles. The van der Waals surface area contributed by atoms with Gasteiger partial charge in [-0.05, 0) is 37.1 Å². The Balaban J connectivity index is 1.46. The van der Waals surface area contributed by atoms with E-state index in [1.54, 1.807) is 48.5 Å². The Morgan fingerprint density at radius 2 is 1.55 bits per heavy atom. The number of nitrogens with two attached hydrogens (primary N) is 1. The van der Waals surface area contributed by atoms with Crippen LogP contribution in [0.3, 0.4) is 0 Å². The maximum atomic E-state index is 12.3. The van der Waals surface area contributed by atoms with Crippen LogP contribution in [0.2, 0.25) is 0 Å². The largest absolute Gasteiger partial charge is 0.462 e. The predicted molar refractivity (Wildman–Crippen MR) is 108 cm³/mol. The smallest absolute Gasteiger partial charge is 0.339 e. The number of hydrogen-bond acceptors (Lipinski definition) is 6. The number of carbonyl (C=O) groups is 4. The molecule has 150 valence electrons. The number of rotatable bonds is 9. The summed E-state index contributed by atoms with van der Waals surface area (Å²) in [7, 11) is 0. The Morgan fingerprint density at radius 1 is 0.931 bits per heavy atom. The van der Waals surface area contributed by atoms with Crippen LogP contribution >= 0.6 is 11.8 Å². The molecule has 0 aliphatic carbocycles. The second kappa shape index (κ2) is 9.38. The lowest BCUT2D eigenvalue weighted by atomic mass is 10.1. The van der Waals surface area contributed by atoms with Crippen LogP contribution < -0.4 is 5.73 Å². The fourth-order valence-corrected chi connectivity index (χ4v) is 3.75. The summed E-state index contributed by atoms with van der Waals surface area (Å²) in [6.07, 6.45) is 1.03. The summed E-state index contributed by atoms with van der Waals surface area (Å²) in [6.45, 7) is 0.436. The van der Waals surface area contributed by atoms with E-state index in [0.717, 1.165) is 0 Å². The van der Waals surface area contributed by atoms with Crippen LogP contribution in [-0.4, -0.2) is 47.5 Å². The van der Waals surface area contributed by atoms with Crippen LogP contribution in [0.5, 0.6) is 0 Å². The number of hydrogen-bond donors (Lipinski definition) is 1. The van der Waals surface area contributed by atoms with Crippen LogP contribution in [0.25, 0.3) is 0 Å². The van der Waals surface area contributed by atoms with Crippen LogP contribution in [0, 0.1) is 0 Å². The number of fused-ring (bicyclic) bond motifs is 1. The molecule has 0 aromatic heterocycles. The van der Waals surface area contributed by atoms with Gasteiger partial charge in [0.15, 0.2) is 0 Å². The van der Waals surface area contributed by atoms with Gasteiger partial charge in [-0.2, -0.15) is 0 Å². The van der Waals surface area contributed by atoms with Crippen molar-refractivity contribution >= 4 is 35.5 Å². The molecule has 0 fully saturated rings. The molecule has 3 rings (SSSR count). The van der Waals surface area contributed by atoms with Gasteiger partial charge in [0.05, 0.1) is 29.1 Å². The van der Waals surface area contributed by atoms with E-state index in [2.05, 4.69) is 0 Å². The lowest BCUT2D eigenvalue weighted by Crippen LogP contribution is -2.30. The van der Waals surface area contributed by atoms with Gasteiger partial charge in [0, 0.05) is 11.4 Å². The number of nitrogens with zero attached hydrogens (tertiary/aromatic N) is 1. The van der Waals surface area contributed by atoms with Gasteiger partial charge in [-0.3, -0.25) is 19.3 Å². The first kappa shape index (κ1) is 20.6. The first-order valence-electron chi connectivity index (χ1n) is 9.11. The SMILES string of the molecule is NC(=O)CSc1ccccc1C(=O)OCCCCN1C(=O)c2ccccc2C1=O. The van der Waals surface area contributed by atoms with Crippen molar-refractivity contribution in [3.63, 3.8) is 0 Å². The third kappa shape index (κ3) is 4.83. The summed E-state index contributed by atoms with van der Waals surface area (Å²) in [5.74, 6) is -1.46. The van der Waals surface area contributed by atoms with Gasteiger partial charge in [-0.25, -0.2) is 4.79 Å². The third-order valence-corrected chi connectivity index (χ3v) is 5.46. The summed E-state index contributed by atoms with van der Waals surface area (Å²) < 4.78 is 5.30.